The highest BCUT2D eigenvalue weighted by molar-refractivity contribution is 7.99. The number of rotatable bonds is 5. The minimum absolute atomic E-state index is 0.0652. The summed E-state index contributed by atoms with van der Waals surface area (Å²) in [6.45, 7) is 6.42. The average Bonchev–Trinajstić information content (AvgIpc) is 3.09. The fraction of sp³-hybridized carbons (Fsp3) is 0.250. The van der Waals surface area contributed by atoms with Gasteiger partial charge in [-0.25, -0.2) is 4.39 Å². The topological polar surface area (TPSA) is 68.0 Å². The number of carbonyl (C=O) groups is 1. The molecule has 0 radical (unpaired) electrons. The predicted molar refractivity (Wildman–Crippen MR) is 104 cm³/mol. The first-order chi connectivity index (χ1) is 12.8. The van der Waals surface area contributed by atoms with Crippen LogP contribution in [0.2, 0.25) is 0 Å². The van der Waals surface area contributed by atoms with E-state index < -0.39 is 0 Å². The number of halogens is 1. The van der Waals surface area contributed by atoms with Gasteiger partial charge in [-0.1, -0.05) is 50.7 Å². The lowest BCUT2D eigenvalue weighted by Crippen LogP contribution is -2.15. The number of hydrogen-bond donors (Lipinski definition) is 1. The lowest BCUT2D eigenvalue weighted by molar-refractivity contribution is -0.113. The Morgan fingerprint density at radius 3 is 2.56 bits per heavy atom. The zero-order valence-electron chi connectivity index (χ0n) is 15.3. The van der Waals surface area contributed by atoms with Gasteiger partial charge in [0.25, 0.3) is 5.22 Å². The van der Waals surface area contributed by atoms with Crippen LogP contribution in [0.5, 0.6) is 0 Å². The second kappa shape index (κ2) is 7.92. The minimum Gasteiger partial charge on any atom is -0.411 e. The second-order valence-electron chi connectivity index (χ2n) is 7.05. The summed E-state index contributed by atoms with van der Waals surface area (Å²) in [4.78, 5) is 12.1. The van der Waals surface area contributed by atoms with Crippen molar-refractivity contribution in [2.45, 2.75) is 31.4 Å². The molecule has 1 N–H and O–H groups in total. The Balaban J connectivity index is 1.55. The molecule has 0 unspecified atom stereocenters. The highest BCUT2D eigenvalue weighted by Crippen LogP contribution is 2.25. The average molecular weight is 385 g/mol. The maximum Gasteiger partial charge on any atom is 0.277 e. The summed E-state index contributed by atoms with van der Waals surface area (Å²) in [5.74, 6) is -0.202. The van der Waals surface area contributed by atoms with E-state index >= 15 is 0 Å². The third-order valence-electron chi connectivity index (χ3n) is 3.84. The monoisotopic (exact) mass is 385 g/mol. The molecule has 1 amide bonds. The van der Waals surface area contributed by atoms with Crippen molar-refractivity contribution in [3.8, 4) is 11.5 Å². The van der Waals surface area contributed by atoms with E-state index in [1.54, 1.807) is 12.1 Å². The molecule has 3 rings (SSSR count). The van der Waals surface area contributed by atoms with Gasteiger partial charge >= 0.3 is 0 Å². The Hall–Kier alpha value is -2.67. The molecule has 140 valence electrons. The Labute approximate surface area is 161 Å². The van der Waals surface area contributed by atoms with E-state index in [4.69, 9.17) is 4.42 Å². The largest absolute Gasteiger partial charge is 0.411 e. The van der Waals surface area contributed by atoms with Crippen LogP contribution in [0.1, 0.15) is 26.3 Å². The molecule has 0 saturated carbocycles. The molecular weight excluding hydrogens is 365 g/mol. The molecule has 1 aromatic heterocycles. The first-order valence-corrected chi connectivity index (χ1v) is 9.42. The summed E-state index contributed by atoms with van der Waals surface area (Å²) in [7, 11) is 0. The van der Waals surface area contributed by atoms with Crippen LogP contribution in [0.3, 0.4) is 0 Å². The first kappa shape index (κ1) is 19.1. The predicted octanol–water partition coefficient (Wildman–Crippen LogP) is 4.90. The fourth-order valence-corrected chi connectivity index (χ4v) is 2.95. The van der Waals surface area contributed by atoms with Gasteiger partial charge in [0.15, 0.2) is 0 Å². The van der Waals surface area contributed by atoms with Gasteiger partial charge < -0.3 is 9.73 Å². The van der Waals surface area contributed by atoms with E-state index in [0.29, 0.717) is 5.56 Å². The Bertz CT molecular complexity index is 933. The number of nitrogens with one attached hydrogen (secondary N) is 1. The van der Waals surface area contributed by atoms with Gasteiger partial charge in [0.2, 0.25) is 11.8 Å². The van der Waals surface area contributed by atoms with Gasteiger partial charge in [-0.15, -0.1) is 10.2 Å². The number of aromatic nitrogens is 2. The van der Waals surface area contributed by atoms with Crippen molar-refractivity contribution >= 4 is 23.4 Å². The van der Waals surface area contributed by atoms with Gasteiger partial charge in [0.1, 0.15) is 5.82 Å². The molecule has 0 saturated heterocycles. The summed E-state index contributed by atoms with van der Waals surface area (Å²) < 4.78 is 18.7. The van der Waals surface area contributed by atoms with E-state index in [1.165, 1.54) is 17.7 Å². The van der Waals surface area contributed by atoms with Crippen molar-refractivity contribution in [3.05, 3.63) is 59.9 Å². The SMILES string of the molecule is CC(C)(C)c1ccc(NC(=O)CSc2nnc(-c3cccc(F)c3)o2)cc1. The smallest absolute Gasteiger partial charge is 0.277 e. The third-order valence-corrected chi connectivity index (χ3v) is 4.66. The van der Waals surface area contributed by atoms with Crippen molar-refractivity contribution in [3.63, 3.8) is 0 Å². The molecule has 0 aliphatic rings. The minimum atomic E-state index is -0.378. The van der Waals surface area contributed by atoms with Gasteiger partial charge in [-0.2, -0.15) is 0 Å². The van der Waals surface area contributed by atoms with E-state index in [1.807, 2.05) is 24.3 Å². The van der Waals surface area contributed by atoms with Crippen LogP contribution >= 0.6 is 11.8 Å². The van der Waals surface area contributed by atoms with Crippen molar-refractivity contribution < 1.29 is 13.6 Å². The Morgan fingerprint density at radius 1 is 1.15 bits per heavy atom. The van der Waals surface area contributed by atoms with Crippen LogP contribution in [0.15, 0.2) is 58.2 Å². The highest BCUT2D eigenvalue weighted by Gasteiger charge is 2.14. The standard InChI is InChI=1S/C20H20FN3O2S/c1-20(2,3)14-7-9-16(10-8-14)22-17(25)12-27-19-24-23-18(26-19)13-5-4-6-15(21)11-13/h4-11H,12H2,1-3H3,(H,22,25). The third kappa shape index (κ3) is 5.17. The van der Waals surface area contributed by atoms with E-state index in [-0.39, 0.29) is 34.0 Å². The van der Waals surface area contributed by atoms with Gasteiger partial charge in [-0.05, 0) is 41.3 Å². The highest BCUT2D eigenvalue weighted by atomic mass is 32.2. The van der Waals surface area contributed by atoms with Crippen molar-refractivity contribution in [1.82, 2.24) is 10.2 Å². The molecular formula is C20H20FN3O2S. The lowest BCUT2D eigenvalue weighted by atomic mass is 9.87. The van der Waals surface area contributed by atoms with Crippen LogP contribution in [0.25, 0.3) is 11.5 Å². The molecule has 1 heterocycles. The van der Waals surface area contributed by atoms with E-state index in [9.17, 15) is 9.18 Å². The molecule has 2 aromatic carbocycles. The van der Waals surface area contributed by atoms with Gasteiger partial charge in [0, 0.05) is 11.3 Å². The summed E-state index contributed by atoms with van der Waals surface area (Å²) in [6, 6.07) is 13.7. The lowest BCUT2D eigenvalue weighted by Gasteiger charge is -2.19. The van der Waals surface area contributed by atoms with Crippen LogP contribution < -0.4 is 5.32 Å². The Morgan fingerprint density at radius 2 is 1.89 bits per heavy atom. The Kier molecular flexibility index (Phi) is 5.60. The zero-order valence-corrected chi connectivity index (χ0v) is 16.1. The number of carbonyl (C=O) groups excluding carboxylic acids is 1. The van der Waals surface area contributed by atoms with E-state index in [2.05, 4.69) is 36.3 Å². The van der Waals surface area contributed by atoms with Crippen LogP contribution in [-0.2, 0) is 10.2 Å². The fourth-order valence-electron chi connectivity index (χ4n) is 2.38. The first-order valence-electron chi connectivity index (χ1n) is 8.44. The molecule has 0 atom stereocenters. The molecule has 0 fully saturated rings. The molecule has 0 bridgehead atoms. The summed E-state index contributed by atoms with van der Waals surface area (Å²) in [6.07, 6.45) is 0. The summed E-state index contributed by atoms with van der Waals surface area (Å²) >= 11 is 1.13. The number of amides is 1. The maximum atomic E-state index is 13.3. The molecule has 27 heavy (non-hydrogen) atoms. The zero-order chi connectivity index (χ0) is 19.4. The number of thioether (sulfide) groups is 1. The van der Waals surface area contributed by atoms with Crippen molar-refractivity contribution in [2.24, 2.45) is 0 Å². The summed E-state index contributed by atoms with van der Waals surface area (Å²) in [5.41, 5.74) is 2.50. The number of nitrogens with zero attached hydrogens (tertiary/aromatic N) is 2. The van der Waals surface area contributed by atoms with Crippen molar-refractivity contribution in [1.29, 1.82) is 0 Å². The van der Waals surface area contributed by atoms with Crippen LogP contribution in [0.4, 0.5) is 10.1 Å². The molecule has 5 nitrogen and oxygen atoms in total. The quantitative estimate of drug-likeness (QED) is 0.633. The van der Waals surface area contributed by atoms with E-state index in [0.717, 1.165) is 17.4 Å². The normalized spacial score (nSPS) is 11.4. The number of hydrogen-bond acceptors (Lipinski definition) is 5. The van der Waals surface area contributed by atoms with Crippen LogP contribution in [-0.4, -0.2) is 21.9 Å². The van der Waals surface area contributed by atoms with Crippen LogP contribution in [0, 0.1) is 5.82 Å². The molecule has 7 heteroatoms. The molecule has 3 aromatic rings. The van der Waals surface area contributed by atoms with Gasteiger partial charge in [0.05, 0.1) is 5.75 Å². The summed E-state index contributed by atoms with van der Waals surface area (Å²) in [5, 5.41) is 10.9. The van der Waals surface area contributed by atoms with Gasteiger partial charge in [-0.3, -0.25) is 4.79 Å². The molecule has 0 spiro atoms. The molecule has 0 aliphatic carbocycles. The maximum absolute atomic E-state index is 13.3. The second-order valence-corrected chi connectivity index (χ2v) is 7.97. The molecule has 0 aliphatic heterocycles. The number of anilines is 1. The number of benzene rings is 2. The van der Waals surface area contributed by atoms with Crippen molar-refractivity contribution in [2.75, 3.05) is 11.1 Å².